The predicted octanol–water partition coefficient (Wildman–Crippen LogP) is 10.6. The highest BCUT2D eigenvalue weighted by atomic mass is 35.5. The van der Waals surface area contributed by atoms with Gasteiger partial charge in [0.2, 0.25) is 0 Å². The minimum Gasteiger partial charge on any atom is -0.477 e. The predicted molar refractivity (Wildman–Crippen MR) is 177 cm³/mol. The molecule has 1 heterocycles. The first-order valence-electron chi connectivity index (χ1n) is 14.7. The molecule has 0 saturated heterocycles. The summed E-state index contributed by atoms with van der Waals surface area (Å²) in [4.78, 5) is 12.3. The third-order valence-corrected chi connectivity index (χ3v) is 6.49. The van der Waals surface area contributed by atoms with Gasteiger partial charge in [0.05, 0.1) is 28.6 Å². The lowest BCUT2D eigenvalue weighted by Gasteiger charge is -2.17. The van der Waals surface area contributed by atoms with Gasteiger partial charge in [0, 0.05) is 23.9 Å². The maximum atomic E-state index is 12.9. The molecule has 0 aliphatic heterocycles. The molecule has 0 saturated carbocycles. The van der Waals surface area contributed by atoms with Crippen LogP contribution in [0.1, 0.15) is 66.6 Å². The van der Waals surface area contributed by atoms with Crippen molar-refractivity contribution in [3.63, 3.8) is 0 Å². The summed E-state index contributed by atoms with van der Waals surface area (Å²) in [6.45, 7) is 17.4. The van der Waals surface area contributed by atoms with Crippen molar-refractivity contribution in [1.82, 2.24) is 4.57 Å². The summed E-state index contributed by atoms with van der Waals surface area (Å²) in [6.07, 6.45) is -0.105. The molecule has 0 N–H and O–H groups in total. The van der Waals surface area contributed by atoms with Gasteiger partial charge < -0.3 is 23.5 Å². The SMILES string of the molecule is C/C=C(\C)Oc1c(C)n(Cc2ccc(Cl)c(OC(C)C(=O)OCC(C)C)c2)c2cc(OC(F)(F)F)ccc12.C/C=C\CCl.CC. The second-order valence-electron chi connectivity index (χ2n) is 10.0. The van der Waals surface area contributed by atoms with Gasteiger partial charge in [-0.05, 0) is 76.4 Å². The van der Waals surface area contributed by atoms with Crippen LogP contribution in [0.15, 0.2) is 60.4 Å². The molecule has 1 unspecified atom stereocenters. The first-order chi connectivity index (χ1) is 21.2. The molecule has 0 aliphatic rings. The third-order valence-electron chi connectivity index (χ3n) is 6.00. The van der Waals surface area contributed by atoms with Gasteiger partial charge in [-0.1, -0.05) is 57.5 Å². The Hall–Kier alpha value is -3.30. The van der Waals surface area contributed by atoms with E-state index in [9.17, 15) is 18.0 Å². The van der Waals surface area contributed by atoms with Crippen molar-refractivity contribution in [1.29, 1.82) is 0 Å². The molecule has 0 amide bonds. The van der Waals surface area contributed by atoms with Crippen molar-refractivity contribution in [3.05, 3.63) is 76.7 Å². The zero-order valence-electron chi connectivity index (χ0n) is 27.4. The Morgan fingerprint density at radius 3 is 2.27 bits per heavy atom. The lowest BCUT2D eigenvalue weighted by Crippen LogP contribution is -2.27. The van der Waals surface area contributed by atoms with Crippen LogP contribution in [0.3, 0.4) is 0 Å². The van der Waals surface area contributed by atoms with Crippen molar-refractivity contribution in [3.8, 4) is 17.2 Å². The highest BCUT2D eigenvalue weighted by Gasteiger charge is 2.31. The lowest BCUT2D eigenvalue weighted by molar-refractivity contribution is -0.274. The van der Waals surface area contributed by atoms with Crippen molar-refractivity contribution < 1.29 is 36.9 Å². The van der Waals surface area contributed by atoms with Gasteiger partial charge in [0.15, 0.2) is 11.9 Å². The summed E-state index contributed by atoms with van der Waals surface area (Å²) in [5.41, 5.74) is 1.93. The normalized spacial score (nSPS) is 12.3. The van der Waals surface area contributed by atoms with Crippen molar-refractivity contribution >= 4 is 40.1 Å². The van der Waals surface area contributed by atoms with Crippen LogP contribution in [-0.2, 0) is 16.1 Å². The minimum atomic E-state index is -4.82. The second-order valence-corrected chi connectivity index (χ2v) is 10.7. The summed E-state index contributed by atoms with van der Waals surface area (Å²) in [5, 5.41) is 0.935. The number of hydrogen-bond donors (Lipinski definition) is 0. The fraction of sp³-hybridized carbons (Fsp3) is 0.441. The fourth-order valence-corrected chi connectivity index (χ4v) is 4.13. The molecule has 250 valence electrons. The monoisotopic (exact) mass is 673 g/mol. The van der Waals surface area contributed by atoms with Gasteiger partial charge in [-0.3, -0.25) is 0 Å². The Labute approximate surface area is 274 Å². The quantitative estimate of drug-likeness (QED) is 0.0877. The van der Waals surface area contributed by atoms with Gasteiger partial charge in [0.1, 0.15) is 11.5 Å². The summed E-state index contributed by atoms with van der Waals surface area (Å²) in [5.74, 6) is 1.43. The number of carbonyl (C=O) groups excluding carboxylic acids is 1. The number of hydrogen-bond acceptors (Lipinski definition) is 5. The van der Waals surface area contributed by atoms with Crippen molar-refractivity contribution in [2.45, 2.75) is 81.3 Å². The van der Waals surface area contributed by atoms with Gasteiger partial charge in [-0.2, -0.15) is 0 Å². The number of aromatic nitrogens is 1. The average Bonchev–Trinajstić information content (AvgIpc) is 3.23. The summed E-state index contributed by atoms with van der Waals surface area (Å²) < 4.78 is 61.7. The summed E-state index contributed by atoms with van der Waals surface area (Å²) in [6, 6.07) is 9.22. The van der Waals surface area contributed by atoms with Crippen LogP contribution in [0, 0.1) is 12.8 Å². The van der Waals surface area contributed by atoms with Crippen LogP contribution in [0.25, 0.3) is 10.9 Å². The van der Waals surface area contributed by atoms with E-state index in [4.69, 9.17) is 37.4 Å². The summed E-state index contributed by atoms with van der Waals surface area (Å²) in [7, 11) is 0. The maximum Gasteiger partial charge on any atom is 0.573 e. The molecule has 3 aromatic rings. The Morgan fingerprint density at radius 2 is 1.73 bits per heavy atom. The molecule has 2 aromatic carbocycles. The van der Waals surface area contributed by atoms with Crippen LogP contribution < -0.4 is 14.2 Å². The van der Waals surface area contributed by atoms with Crippen molar-refractivity contribution in [2.75, 3.05) is 12.5 Å². The number of benzene rings is 2. The van der Waals surface area contributed by atoms with E-state index in [0.717, 1.165) is 5.56 Å². The van der Waals surface area contributed by atoms with E-state index < -0.39 is 18.4 Å². The zero-order valence-corrected chi connectivity index (χ0v) is 28.9. The van der Waals surface area contributed by atoms with Crippen LogP contribution in [0.2, 0.25) is 5.02 Å². The summed E-state index contributed by atoms with van der Waals surface area (Å²) >= 11 is 11.5. The highest BCUT2D eigenvalue weighted by molar-refractivity contribution is 6.32. The molecular formula is C34H44Cl2F3NO5. The average molecular weight is 675 g/mol. The number of ether oxygens (including phenoxy) is 4. The number of alkyl halides is 4. The Kier molecular flexibility index (Phi) is 17.0. The number of esters is 1. The van der Waals surface area contributed by atoms with E-state index >= 15 is 0 Å². The van der Waals surface area contributed by atoms with Gasteiger partial charge in [-0.15, -0.1) is 24.8 Å². The molecule has 1 atom stereocenters. The van der Waals surface area contributed by atoms with Crippen LogP contribution in [0.4, 0.5) is 13.2 Å². The molecule has 45 heavy (non-hydrogen) atoms. The van der Waals surface area contributed by atoms with Gasteiger partial charge in [0.25, 0.3) is 0 Å². The van der Waals surface area contributed by atoms with E-state index in [2.05, 4.69) is 4.74 Å². The number of halogens is 5. The first-order valence-corrected chi connectivity index (χ1v) is 15.6. The Bertz CT molecular complexity index is 1430. The number of allylic oxidation sites excluding steroid dienone is 4. The standard InChI is InChI=1S/C28H31ClF3NO5.C4H7Cl.C2H6/c1-7-17(4)36-26-18(5)33(24-13-21(9-10-22(24)26)38-28(30,31)32)14-20-8-11-23(29)25(12-20)37-19(6)27(34)35-15-16(2)3;1-2-3-4-5;1-2/h7-13,16,19H,14-15H2,1-6H3;2-3H,4H2,1H3;1-2H3/b17-7+;3-2-;. The van der Waals surface area contributed by atoms with Gasteiger partial charge >= 0.3 is 12.3 Å². The fourth-order valence-electron chi connectivity index (χ4n) is 3.79. The number of carbonyl (C=O) groups is 1. The molecule has 3 rings (SSSR count). The zero-order chi connectivity index (χ0) is 34.3. The van der Waals surface area contributed by atoms with Crippen LogP contribution in [0.5, 0.6) is 17.2 Å². The van der Waals surface area contributed by atoms with E-state index in [1.165, 1.54) is 12.1 Å². The molecule has 0 bridgehead atoms. The van der Waals surface area contributed by atoms with E-state index in [0.29, 0.717) is 39.0 Å². The number of nitrogens with zero attached hydrogens (tertiary/aromatic N) is 1. The maximum absolute atomic E-state index is 12.9. The largest absolute Gasteiger partial charge is 0.573 e. The van der Waals surface area contributed by atoms with Crippen molar-refractivity contribution in [2.24, 2.45) is 5.92 Å². The second kappa shape index (κ2) is 19.3. The first kappa shape index (κ1) is 39.7. The van der Waals surface area contributed by atoms with Crippen LogP contribution >= 0.6 is 23.2 Å². The number of rotatable bonds is 11. The minimum absolute atomic E-state index is 0.185. The highest BCUT2D eigenvalue weighted by Crippen LogP contribution is 2.38. The van der Waals surface area contributed by atoms with E-state index in [1.54, 1.807) is 44.2 Å². The van der Waals surface area contributed by atoms with Crippen LogP contribution in [-0.4, -0.2) is 35.5 Å². The molecular weight excluding hydrogens is 630 g/mol. The molecule has 0 aliphatic carbocycles. The van der Waals surface area contributed by atoms with E-state index in [1.807, 2.05) is 65.2 Å². The molecule has 0 fully saturated rings. The molecule has 0 spiro atoms. The smallest absolute Gasteiger partial charge is 0.477 e. The topological polar surface area (TPSA) is 58.9 Å². The Balaban J connectivity index is 0.00000131. The molecule has 11 heteroatoms. The molecule has 1 aromatic heterocycles. The lowest BCUT2D eigenvalue weighted by atomic mass is 10.2. The van der Waals surface area contributed by atoms with E-state index in [-0.39, 0.29) is 30.6 Å². The molecule has 6 nitrogen and oxygen atoms in total. The number of fused-ring (bicyclic) bond motifs is 1. The van der Waals surface area contributed by atoms with Gasteiger partial charge in [-0.25, -0.2) is 4.79 Å². The third kappa shape index (κ3) is 12.9. The molecule has 0 radical (unpaired) electrons. The Morgan fingerprint density at radius 1 is 1.07 bits per heavy atom.